The van der Waals surface area contributed by atoms with Crippen LogP contribution in [0.4, 0.5) is 0 Å². The molecule has 0 aromatic carbocycles. The van der Waals surface area contributed by atoms with Gasteiger partial charge in [-0.15, -0.1) is 0 Å². The third-order valence-corrected chi connectivity index (χ3v) is 5.66. The Bertz CT molecular complexity index is 372. The summed E-state index contributed by atoms with van der Waals surface area (Å²) in [5.41, 5.74) is -0.735. The topological polar surface area (TPSA) is 46.5 Å². The van der Waals surface area contributed by atoms with Crippen molar-refractivity contribution in [2.45, 2.75) is 78.4 Å². The second kappa shape index (κ2) is 4.47. The molecule has 0 saturated heterocycles. The molecule has 3 nitrogen and oxygen atoms in total. The van der Waals surface area contributed by atoms with Crippen LogP contribution in [0.1, 0.15) is 66.7 Å². The summed E-state index contributed by atoms with van der Waals surface area (Å²) < 4.78 is 5.58. The van der Waals surface area contributed by atoms with E-state index in [-0.39, 0.29) is 22.9 Å². The van der Waals surface area contributed by atoms with E-state index >= 15 is 0 Å². The van der Waals surface area contributed by atoms with Gasteiger partial charge >= 0.3 is 5.97 Å². The van der Waals surface area contributed by atoms with E-state index in [1.165, 1.54) is 13.3 Å². The number of hydrogen-bond donors (Lipinski definition) is 1. The molecule has 0 spiro atoms. The molecular weight excluding hydrogens is 240 g/mol. The van der Waals surface area contributed by atoms with Crippen LogP contribution < -0.4 is 0 Å². The molecule has 0 heterocycles. The Morgan fingerprint density at radius 3 is 2.37 bits per heavy atom. The molecule has 2 rings (SSSR count). The highest BCUT2D eigenvalue weighted by molar-refractivity contribution is 5.66. The van der Waals surface area contributed by atoms with E-state index in [0.717, 1.165) is 19.3 Å². The molecule has 0 unspecified atom stereocenters. The number of carbonyl (C=O) groups is 1. The molecule has 2 aliphatic rings. The average molecular weight is 268 g/mol. The van der Waals surface area contributed by atoms with Crippen molar-refractivity contribution in [2.75, 3.05) is 0 Å². The predicted octanol–water partition coefficient (Wildman–Crippen LogP) is 3.30. The zero-order valence-electron chi connectivity index (χ0n) is 13.0. The van der Waals surface area contributed by atoms with E-state index in [0.29, 0.717) is 12.3 Å². The number of carbonyl (C=O) groups excluding carboxylic acids is 1. The van der Waals surface area contributed by atoms with E-state index in [2.05, 4.69) is 20.8 Å². The Morgan fingerprint density at radius 2 is 1.79 bits per heavy atom. The molecule has 0 amide bonds. The minimum absolute atomic E-state index is 0.102. The van der Waals surface area contributed by atoms with E-state index < -0.39 is 5.60 Å². The van der Waals surface area contributed by atoms with Crippen molar-refractivity contribution in [3.05, 3.63) is 0 Å². The third-order valence-electron chi connectivity index (χ3n) is 5.66. The van der Waals surface area contributed by atoms with Crippen LogP contribution in [0, 0.1) is 16.7 Å². The van der Waals surface area contributed by atoms with Crippen molar-refractivity contribution in [3.63, 3.8) is 0 Å². The van der Waals surface area contributed by atoms with Gasteiger partial charge in [0.15, 0.2) is 0 Å². The van der Waals surface area contributed by atoms with Crippen LogP contribution >= 0.6 is 0 Å². The summed E-state index contributed by atoms with van der Waals surface area (Å²) in [7, 11) is 0. The summed E-state index contributed by atoms with van der Waals surface area (Å²) in [6, 6.07) is 0. The standard InChI is InChI=1S/C16H28O3/c1-11(17)19-13-15(4)9-6-8-14(2,3)12(15)7-10-16(13,5)18/h12-13,18H,6-10H2,1-5H3/t12-,13+,15+,16+/m0/s1. The smallest absolute Gasteiger partial charge is 0.303 e. The van der Waals surface area contributed by atoms with Gasteiger partial charge in [0.05, 0.1) is 5.60 Å². The van der Waals surface area contributed by atoms with Crippen molar-refractivity contribution in [2.24, 2.45) is 16.7 Å². The number of aliphatic hydroxyl groups is 1. The maximum absolute atomic E-state index is 11.4. The summed E-state index contributed by atoms with van der Waals surface area (Å²) >= 11 is 0. The van der Waals surface area contributed by atoms with Crippen molar-refractivity contribution in [3.8, 4) is 0 Å². The number of esters is 1. The number of fused-ring (bicyclic) bond motifs is 1. The van der Waals surface area contributed by atoms with Crippen LogP contribution in [0.15, 0.2) is 0 Å². The normalized spacial score (nSPS) is 45.4. The molecule has 0 radical (unpaired) electrons. The van der Waals surface area contributed by atoms with Crippen molar-refractivity contribution < 1.29 is 14.6 Å². The fourth-order valence-corrected chi connectivity index (χ4v) is 4.91. The molecule has 2 saturated carbocycles. The van der Waals surface area contributed by atoms with Gasteiger partial charge in [-0.3, -0.25) is 4.79 Å². The minimum Gasteiger partial charge on any atom is -0.459 e. The molecular formula is C16H28O3. The van der Waals surface area contributed by atoms with Crippen LogP contribution in [-0.2, 0) is 9.53 Å². The highest BCUT2D eigenvalue weighted by Gasteiger charge is 2.59. The lowest BCUT2D eigenvalue weighted by Crippen LogP contribution is -2.62. The van der Waals surface area contributed by atoms with Crippen molar-refractivity contribution >= 4 is 5.97 Å². The minimum atomic E-state index is -0.898. The summed E-state index contributed by atoms with van der Waals surface area (Å²) in [6.07, 6.45) is 4.77. The lowest BCUT2D eigenvalue weighted by molar-refractivity contribution is -0.222. The molecule has 1 N–H and O–H groups in total. The van der Waals surface area contributed by atoms with Crippen molar-refractivity contribution in [1.82, 2.24) is 0 Å². The molecule has 0 bridgehead atoms. The Balaban J connectivity index is 2.38. The summed E-state index contributed by atoms with van der Waals surface area (Å²) in [5.74, 6) is 0.230. The van der Waals surface area contributed by atoms with Gasteiger partial charge in [0.2, 0.25) is 0 Å². The molecule has 0 aromatic heterocycles. The van der Waals surface area contributed by atoms with E-state index in [1.807, 2.05) is 6.92 Å². The first-order valence-electron chi connectivity index (χ1n) is 7.49. The number of ether oxygens (including phenoxy) is 1. The summed E-state index contributed by atoms with van der Waals surface area (Å²) in [4.78, 5) is 11.4. The van der Waals surface area contributed by atoms with Crippen LogP contribution in [0.25, 0.3) is 0 Å². The first-order chi connectivity index (χ1) is 8.59. The quantitative estimate of drug-likeness (QED) is 0.742. The van der Waals surface area contributed by atoms with Gasteiger partial charge in [0.25, 0.3) is 0 Å². The van der Waals surface area contributed by atoms with Crippen LogP contribution in [-0.4, -0.2) is 22.8 Å². The lowest BCUT2D eigenvalue weighted by atomic mass is 9.48. The Labute approximate surface area is 116 Å². The van der Waals surface area contributed by atoms with Gasteiger partial charge in [-0.25, -0.2) is 0 Å². The second-order valence-corrected chi connectivity index (χ2v) is 7.79. The molecule has 0 aromatic rings. The fourth-order valence-electron chi connectivity index (χ4n) is 4.91. The lowest BCUT2D eigenvalue weighted by Gasteiger charge is -2.59. The summed E-state index contributed by atoms with van der Waals surface area (Å²) in [5, 5.41) is 10.7. The van der Waals surface area contributed by atoms with Crippen LogP contribution in [0.3, 0.4) is 0 Å². The van der Waals surface area contributed by atoms with Gasteiger partial charge in [0.1, 0.15) is 6.10 Å². The Kier molecular flexibility index (Phi) is 3.49. The van der Waals surface area contributed by atoms with E-state index in [4.69, 9.17) is 4.74 Å². The molecule has 19 heavy (non-hydrogen) atoms. The Morgan fingerprint density at radius 1 is 1.16 bits per heavy atom. The van der Waals surface area contributed by atoms with Gasteiger partial charge in [-0.1, -0.05) is 27.2 Å². The van der Waals surface area contributed by atoms with E-state index in [1.54, 1.807) is 0 Å². The molecule has 4 atom stereocenters. The molecule has 2 fully saturated rings. The third kappa shape index (κ3) is 2.42. The number of rotatable bonds is 1. The predicted molar refractivity (Wildman–Crippen MR) is 74.6 cm³/mol. The number of hydrogen-bond acceptors (Lipinski definition) is 3. The molecule has 110 valence electrons. The first kappa shape index (κ1) is 14.8. The SMILES string of the molecule is CC(=O)O[C@@H]1[C@]2(C)CCCC(C)(C)[C@@H]2CC[C@@]1(C)O. The monoisotopic (exact) mass is 268 g/mol. The van der Waals surface area contributed by atoms with Crippen LogP contribution in [0.2, 0.25) is 0 Å². The summed E-state index contributed by atoms with van der Waals surface area (Å²) in [6.45, 7) is 10.1. The van der Waals surface area contributed by atoms with Gasteiger partial charge in [-0.2, -0.15) is 0 Å². The molecule has 0 aliphatic heterocycles. The molecule has 2 aliphatic carbocycles. The Hall–Kier alpha value is -0.570. The highest BCUT2D eigenvalue weighted by Crippen LogP contribution is 2.60. The largest absolute Gasteiger partial charge is 0.459 e. The maximum Gasteiger partial charge on any atom is 0.303 e. The van der Waals surface area contributed by atoms with Gasteiger partial charge < -0.3 is 9.84 Å². The van der Waals surface area contributed by atoms with Gasteiger partial charge in [-0.05, 0) is 43.9 Å². The highest BCUT2D eigenvalue weighted by atomic mass is 16.6. The average Bonchev–Trinajstić information content (AvgIpc) is 2.22. The van der Waals surface area contributed by atoms with Crippen molar-refractivity contribution in [1.29, 1.82) is 0 Å². The zero-order chi connectivity index (χ0) is 14.5. The molecule has 3 heteroatoms. The maximum atomic E-state index is 11.4. The second-order valence-electron chi connectivity index (χ2n) is 7.79. The fraction of sp³-hybridized carbons (Fsp3) is 0.938. The first-order valence-corrected chi connectivity index (χ1v) is 7.49. The zero-order valence-corrected chi connectivity index (χ0v) is 13.0. The van der Waals surface area contributed by atoms with Gasteiger partial charge in [0, 0.05) is 12.3 Å². The van der Waals surface area contributed by atoms with Crippen LogP contribution in [0.5, 0.6) is 0 Å². The van der Waals surface area contributed by atoms with E-state index in [9.17, 15) is 9.90 Å².